The predicted molar refractivity (Wildman–Crippen MR) is 113 cm³/mol. The van der Waals surface area contributed by atoms with Crippen LogP contribution in [0.25, 0.3) is 0 Å². The Morgan fingerprint density at radius 3 is 2.10 bits per heavy atom. The topological polar surface area (TPSA) is 177 Å². The SMILES string of the molecule is CCC(C)C(NC(=O)C(N)CS)C(=O)NC(C)C(=O)NC(CCCCN)C(=O)O. The Kier molecular flexibility index (Phi) is 13.3. The van der Waals surface area contributed by atoms with Crippen molar-refractivity contribution in [2.75, 3.05) is 12.3 Å². The molecule has 0 aromatic carbocycles. The number of carboxylic acid groups (broad SMARTS) is 1. The fourth-order valence-corrected chi connectivity index (χ4v) is 2.63. The maximum Gasteiger partial charge on any atom is 0.326 e. The van der Waals surface area contributed by atoms with Gasteiger partial charge in [0.15, 0.2) is 0 Å². The number of hydrogen-bond acceptors (Lipinski definition) is 7. The molecule has 0 aromatic rings. The van der Waals surface area contributed by atoms with Crippen molar-refractivity contribution in [3.8, 4) is 0 Å². The first kappa shape index (κ1) is 27.1. The zero-order chi connectivity index (χ0) is 22.6. The van der Waals surface area contributed by atoms with Crippen LogP contribution in [0.1, 0.15) is 46.5 Å². The average Bonchev–Trinajstić information content (AvgIpc) is 2.69. The molecule has 168 valence electrons. The summed E-state index contributed by atoms with van der Waals surface area (Å²) < 4.78 is 0. The van der Waals surface area contributed by atoms with E-state index < -0.39 is 47.9 Å². The molecular weight excluding hydrogens is 398 g/mol. The summed E-state index contributed by atoms with van der Waals surface area (Å²) in [6, 6.07) is -3.79. The van der Waals surface area contributed by atoms with E-state index in [0.717, 1.165) is 0 Å². The molecule has 5 atom stereocenters. The normalized spacial score (nSPS) is 16.1. The summed E-state index contributed by atoms with van der Waals surface area (Å²) in [6.07, 6.45) is 2.06. The molecule has 0 heterocycles. The van der Waals surface area contributed by atoms with Crippen molar-refractivity contribution in [3.63, 3.8) is 0 Å². The summed E-state index contributed by atoms with van der Waals surface area (Å²) in [5.41, 5.74) is 11.0. The van der Waals surface area contributed by atoms with Crippen LogP contribution in [0.2, 0.25) is 0 Å². The quantitative estimate of drug-likeness (QED) is 0.135. The van der Waals surface area contributed by atoms with Gasteiger partial charge in [-0.25, -0.2) is 4.79 Å². The summed E-state index contributed by atoms with van der Waals surface area (Å²) in [4.78, 5) is 48.4. The summed E-state index contributed by atoms with van der Waals surface area (Å²) >= 11 is 3.97. The number of rotatable bonds is 14. The highest BCUT2D eigenvalue weighted by Gasteiger charge is 2.30. The number of aliphatic carboxylic acids is 1. The van der Waals surface area contributed by atoms with Gasteiger partial charge in [0.05, 0.1) is 6.04 Å². The van der Waals surface area contributed by atoms with Crippen LogP contribution in [0.4, 0.5) is 0 Å². The number of unbranched alkanes of at least 4 members (excludes halogenated alkanes) is 1. The van der Waals surface area contributed by atoms with Gasteiger partial charge in [-0.2, -0.15) is 12.6 Å². The predicted octanol–water partition coefficient (Wildman–Crippen LogP) is -1.02. The molecule has 29 heavy (non-hydrogen) atoms. The fraction of sp³-hybridized carbons (Fsp3) is 0.778. The zero-order valence-electron chi connectivity index (χ0n) is 17.3. The molecule has 10 nitrogen and oxygen atoms in total. The summed E-state index contributed by atoms with van der Waals surface area (Å²) in [6.45, 7) is 5.54. The van der Waals surface area contributed by atoms with E-state index in [0.29, 0.717) is 25.8 Å². The number of nitrogens with one attached hydrogen (secondary N) is 3. The highest BCUT2D eigenvalue weighted by atomic mass is 32.1. The second-order valence-electron chi connectivity index (χ2n) is 7.08. The third-order valence-corrected chi connectivity index (χ3v) is 5.03. The van der Waals surface area contributed by atoms with E-state index in [1.807, 2.05) is 6.92 Å². The molecule has 0 aromatic heterocycles. The van der Waals surface area contributed by atoms with E-state index in [-0.39, 0.29) is 18.1 Å². The van der Waals surface area contributed by atoms with Gasteiger partial charge in [0, 0.05) is 5.75 Å². The molecular formula is C18H35N5O5S. The van der Waals surface area contributed by atoms with E-state index in [1.54, 1.807) is 6.92 Å². The van der Waals surface area contributed by atoms with Crippen LogP contribution in [-0.4, -0.2) is 65.3 Å². The van der Waals surface area contributed by atoms with Gasteiger partial charge in [-0.1, -0.05) is 20.3 Å². The Bertz CT molecular complexity index is 563. The lowest BCUT2D eigenvalue weighted by Crippen LogP contribution is -2.58. The van der Waals surface area contributed by atoms with Crippen LogP contribution in [0.3, 0.4) is 0 Å². The maximum atomic E-state index is 12.6. The van der Waals surface area contributed by atoms with Crippen LogP contribution in [0.5, 0.6) is 0 Å². The summed E-state index contributed by atoms with van der Waals surface area (Å²) in [7, 11) is 0. The molecule has 0 aliphatic carbocycles. The molecule has 0 saturated carbocycles. The zero-order valence-corrected chi connectivity index (χ0v) is 18.2. The van der Waals surface area contributed by atoms with Crippen molar-refractivity contribution in [2.24, 2.45) is 17.4 Å². The Morgan fingerprint density at radius 1 is 1.00 bits per heavy atom. The lowest BCUT2D eigenvalue weighted by molar-refractivity contribution is -0.142. The van der Waals surface area contributed by atoms with Crippen LogP contribution >= 0.6 is 12.6 Å². The Morgan fingerprint density at radius 2 is 1.62 bits per heavy atom. The first-order valence-corrected chi connectivity index (χ1v) is 10.4. The molecule has 0 bridgehead atoms. The molecule has 0 saturated heterocycles. The number of carbonyl (C=O) groups excluding carboxylic acids is 3. The Labute approximate surface area is 177 Å². The molecule has 11 heteroatoms. The smallest absolute Gasteiger partial charge is 0.326 e. The number of carbonyl (C=O) groups is 4. The van der Waals surface area contributed by atoms with E-state index in [2.05, 4.69) is 28.6 Å². The first-order chi connectivity index (χ1) is 13.6. The molecule has 5 unspecified atom stereocenters. The van der Waals surface area contributed by atoms with Crippen molar-refractivity contribution >= 4 is 36.3 Å². The molecule has 3 amide bonds. The van der Waals surface area contributed by atoms with E-state index >= 15 is 0 Å². The summed E-state index contributed by atoms with van der Waals surface area (Å²) in [5, 5.41) is 16.8. The monoisotopic (exact) mass is 433 g/mol. The van der Waals surface area contributed by atoms with E-state index in [9.17, 15) is 24.3 Å². The van der Waals surface area contributed by atoms with Gasteiger partial charge in [-0.3, -0.25) is 14.4 Å². The molecule has 0 radical (unpaired) electrons. The molecule has 0 fully saturated rings. The second kappa shape index (κ2) is 14.2. The minimum absolute atomic E-state index is 0.125. The van der Waals surface area contributed by atoms with Crippen LogP contribution < -0.4 is 27.4 Å². The molecule has 0 aliphatic rings. The highest BCUT2D eigenvalue weighted by Crippen LogP contribution is 2.09. The standard InChI is InChI=1S/C18H35N5O5S/c1-4-10(2)14(23-16(25)12(20)9-29)17(26)21-11(3)15(24)22-13(18(27)28)7-5-6-8-19/h10-14,29H,4-9,19-20H2,1-3H3,(H,21,26)(H,22,24)(H,23,25)(H,27,28). The maximum absolute atomic E-state index is 12.6. The first-order valence-electron chi connectivity index (χ1n) is 9.79. The molecule has 8 N–H and O–H groups in total. The number of carboxylic acids is 1. The second-order valence-corrected chi connectivity index (χ2v) is 7.44. The van der Waals surface area contributed by atoms with Crippen molar-refractivity contribution < 1.29 is 24.3 Å². The lowest BCUT2D eigenvalue weighted by atomic mass is 9.97. The minimum atomic E-state index is -1.15. The number of thiol groups is 1. The van der Waals surface area contributed by atoms with E-state index in [4.69, 9.17) is 11.5 Å². The number of amides is 3. The molecule has 0 rings (SSSR count). The Balaban J connectivity index is 4.98. The average molecular weight is 434 g/mol. The Hall–Kier alpha value is -1.85. The van der Waals surface area contributed by atoms with Gasteiger partial charge >= 0.3 is 5.97 Å². The van der Waals surface area contributed by atoms with Crippen molar-refractivity contribution in [2.45, 2.75) is 70.6 Å². The number of nitrogens with two attached hydrogens (primary N) is 2. The van der Waals surface area contributed by atoms with Crippen LogP contribution in [0, 0.1) is 5.92 Å². The molecule has 0 aliphatic heterocycles. The van der Waals surface area contributed by atoms with Gasteiger partial charge < -0.3 is 32.5 Å². The van der Waals surface area contributed by atoms with Crippen LogP contribution in [-0.2, 0) is 19.2 Å². The number of hydrogen-bond donors (Lipinski definition) is 7. The third-order valence-electron chi connectivity index (χ3n) is 4.64. The molecule has 0 spiro atoms. The van der Waals surface area contributed by atoms with Gasteiger partial charge in [0.2, 0.25) is 17.7 Å². The minimum Gasteiger partial charge on any atom is -0.480 e. The summed E-state index contributed by atoms with van der Waals surface area (Å²) in [5.74, 6) is -2.91. The van der Waals surface area contributed by atoms with Gasteiger partial charge in [-0.05, 0) is 38.6 Å². The lowest BCUT2D eigenvalue weighted by Gasteiger charge is -2.26. The third kappa shape index (κ3) is 9.95. The van der Waals surface area contributed by atoms with Gasteiger partial charge in [0.25, 0.3) is 0 Å². The van der Waals surface area contributed by atoms with Crippen molar-refractivity contribution in [1.82, 2.24) is 16.0 Å². The van der Waals surface area contributed by atoms with Crippen molar-refractivity contribution in [1.29, 1.82) is 0 Å². The van der Waals surface area contributed by atoms with Crippen molar-refractivity contribution in [3.05, 3.63) is 0 Å². The van der Waals surface area contributed by atoms with Gasteiger partial charge in [0.1, 0.15) is 18.1 Å². The highest BCUT2D eigenvalue weighted by molar-refractivity contribution is 7.80. The van der Waals surface area contributed by atoms with Crippen LogP contribution in [0.15, 0.2) is 0 Å². The fourth-order valence-electron chi connectivity index (χ4n) is 2.46. The van der Waals surface area contributed by atoms with Gasteiger partial charge in [-0.15, -0.1) is 0 Å². The van der Waals surface area contributed by atoms with E-state index in [1.165, 1.54) is 6.92 Å². The largest absolute Gasteiger partial charge is 0.480 e.